The molecule has 6 heteroatoms. The van der Waals surface area contributed by atoms with Crippen molar-refractivity contribution >= 4 is 11.6 Å². The van der Waals surface area contributed by atoms with Crippen molar-refractivity contribution in [1.82, 2.24) is 19.7 Å². The van der Waals surface area contributed by atoms with E-state index in [1.165, 1.54) is 0 Å². The molecule has 0 bridgehead atoms. The molecule has 0 unspecified atom stereocenters. The van der Waals surface area contributed by atoms with Crippen LogP contribution in [0.25, 0.3) is 0 Å². The highest BCUT2D eigenvalue weighted by atomic mass is 16.3. The van der Waals surface area contributed by atoms with Crippen LogP contribution in [0.2, 0.25) is 0 Å². The van der Waals surface area contributed by atoms with Gasteiger partial charge in [-0.15, -0.1) is 0 Å². The minimum absolute atomic E-state index is 0.139. The fraction of sp³-hybridized carbons (Fsp3) is 0.588. The number of anilines is 2. The van der Waals surface area contributed by atoms with Gasteiger partial charge in [-0.2, -0.15) is 5.10 Å². The smallest absolute Gasteiger partial charge is 0.135 e. The van der Waals surface area contributed by atoms with Gasteiger partial charge in [0.25, 0.3) is 0 Å². The molecule has 23 heavy (non-hydrogen) atoms. The summed E-state index contributed by atoms with van der Waals surface area (Å²) in [5.41, 5.74) is 0.907. The Hall–Kier alpha value is -1.95. The number of aliphatic hydroxyl groups is 1. The molecule has 3 rings (SSSR count). The first-order valence-electron chi connectivity index (χ1n) is 8.18. The van der Waals surface area contributed by atoms with Crippen LogP contribution in [-0.2, 0) is 5.54 Å². The minimum Gasteiger partial charge on any atom is -0.393 e. The second-order valence-electron chi connectivity index (χ2n) is 7.31. The predicted molar refractivity (Wildman–Crippen MR) is 89.9 cm³/mol. The van der Waals surface area contributed by atoms with E-state index in [-0.39, 0.29) is 11.6 Å². The lowest BCUT2D eigenvalue weighted by Gasteiger charge is -2.22. The van der Waals surface area contributed by atoms with Crippen molar-refractivity contribution in [2.45, 2.75) is 64.5 Å². The van der Waals surface area contributed by atoms with E-state index in [1.54, 1.807) is 6.20 Å². The first kappa shape index (κ1) is 15.9. The molecule has 2 heterocycles. The van der Waals surface area contributed by atoms with Gasteiger partial charge in [0, 0.05) is 18.2 Å². The summed E-state index contributed by atoms with van der Waals surface area (Å²) in [4.78, 5) is 8.54. The average molecular weight is 315 g/mol. The molecule has 1 aliphatic carbocycles. The molecule has 2 aromatic heterocycles. The Morgan fingerprint density at radius 3 is 2.70 bits per heavy atom. The van der Waals surface area contributed by atoms with Gasteiger partial charge >= 0.3 is 0 Å². The number of aromatic nitrogens is 4. The van der Waals surface area contributed by atoms with Crippen LogP contribution in [0.3, 0.4) is 0 Å². The van der Waals surface area contributed by atoms with E-state index in [2.05, 4.69) is 42.1 Å². The van der Waals surface area contributed by atoms with Gasteiger partial charge in [0.05, 0.1) is 17.3 Å². The third-order valence-corrected chi connectivity index (χ3v) is 4.22. The van der Waals surface area contributed by atoms with Crippen molar-refractivity contribution in [2.75, 3.05) is 5.32 Å². The van der Waals surface area contributed by atoms with Crippen LogP contribution in [0.1, 0.15) is 57.5 Å². The van der Waals surface area contributed by atoms with E-state index in [9.17, 15) is 5.11 Å². The Balaban J connectivity index is 1.92. The Morgan fingerprint density at radius 1 is 1.30 bits per heavy atom. The zero-order valence-electron chi connectivity index (χ0n) is 14.2. The van der Waals surface area contributed by atoms with E-state index in [0.717, 1.165) is 42.4 Å². The average Bonchev–Trinajstić information content (AvgIpc) is 3.04. The zero-order valence-corrected chi connectivity index (χ0v) is 14.2. The molecule has 6 nitrogen and oxygen atoms in total. The van der Waals surface area contributed by atoms with Gasteiger partial charge in [-0.1, -0.05) is 0 Å². The molecule has 0 saturated heterocycles. The number of aliphatic hydroxyl groups excluding tert-OH is 1. The first-order chi connectivity index (χ1) is 10.8. The number of rotatable bonds is 3. The summed E-state index contributed by atoms with van der Waals surface area (Å²) in [5.74, 6) is 2.75. The minimum atomic E-state index is -0.194. The summed E-state index contributed by atoms with van der Waals surface area (Å²) in [5, 5.41) is 18.0. The fourth-order valence-corrected chi connectivity index (χ4v) is 3.08. The molecule has 124 valence electrons. The zero-order chi connectivity index (χ0) is 16.6. The molecule has 2 aromatic rings. The van der Waals surface area contributed by atoms with Gasteiger partial charge in [0.15, 0.2) is 0 Å². The predicted octanol–water partition coefficient (Wildman–Crippen LogP) is 3.11. The van der Waals surface area contributed by atoms with Crippen LogP contribution in [0, 0.1) is 6.92 Å². The summed E-state index contributed by atoms with van der Waals surface area (Å²) in [6.45, 7) is 8.26. The summed E-state index contributed by atoms with van der Waals surface area (Å²) in [6, 6.07) is 3.94. The van der Waals surface area contributed by atoms with E-state index in [0.29, 0.717) is 5.92 Å². The number of aryl methyl sites for hydroxylation is 1. The highest BCUT2D eigenvalue weighted by Gasteiger charge is 2.29. The molecule has 0 aromatic carbocycles. The molecule has 1 fully saturated rings. The standard InChI is InChI=1S/C17H25N5O/c1-11-18-8-7-15(19-11)20-16-10-14(12-5-6-13(23)9-12)21-22(16)17(2,3)4/h7-8,10,12-13,23H,5-6,9H2,1-4H3,(H,18,19,20)/t12-,13+/m0/s1. The van der Waals surface area contributed by atoms with Crippen LogP contribution in [0.4, 0.5) is 11.6 Å². The number of nitrogens with zero attached hydrogens (tertiary/aromatic N) is 4. The van der Waals surface area contributed by atoms with E-state index < -0.39 is 0 Å². The summed E-state index contributed by atoms with van der Waals surface area (Å²) in [7, 11) is 0. The van der Waals surface area contributed by atoms with Crippen LogP contribution in [0.15, 0.2) is 18.3 Å². The third-order valence-electron chi connectivity index (χ3n) is 4.22. The lowest BCUT2D eigenvalue weighted by atomic mass is 10.0. The SMILES string of the molecule is Cc1nccc(Nc2cc([C@H]3CC[C@@H](O)C3)nn2C(C)(C)C)n1. The quantitative estimate of drug-likeness (QED) is 0.910. The van der Waals surface area contributed by atoms with Gasteiger partial charge < -0.3 is 10.4 Å². The maximum absolute atomic E-state index is 9.80. The van der Waals surface area contributed by atoms with Gasteiger partial charge in [0.1, 0.15) is 17.5 Å². The Kier molecular flexibility index (Phi) is 4.10. The second-order valence-corrected chi connectivity index (χ2v) is 7.31. The second kappa shape index (κ2) is 5.92. The highest BCUT2D eigenvalue weighted by molar-refractivity contribution is 5.53. The number of nitrogens with one attached hydrogen (secondary N) is 1. The Labute approximate surface area is 137 Å². The maximum Gasteiger partial charge on any atom is 0.135 e. The topological polar surface area (TPSA) is 75.9 Å². The summed E-state index contributed by atoms with van der Waals surface area (Å²) >= 11 is 0. The van der Waals surface area contributed by atoms with Crippen LogP contribution in [-0.4, -0.2) is 31.0 Å². The molecule has 0 aliphatic heterocycles. The van der Waals surface area contributed by atoms with E-state index in [4.69, 9.17) is 5.10 Å². The number of hydrogen-bond acceptors (Lipinski definition) is 5. The van der Waals surface area contributed by atoms with Crippen molar-refractivity contribution in [3.05, 3.63) is 29.8 Å². The van der Waals surface area contributed by atoms with Crippen LogP contribution in [0.5, 0.6) is 0 Å². The van der Waals surface area contributed by atoms with Crippen molar-refractivity contribution < 1.29 is 5.11 Å². The van der Waals surface area contributed by atoms with Crippen molar-refractivity contribution in [3.8, 4) is 0 Å². The molecule has 1 aliphatic rings. The van der Waals surface area contributed by atoms with E-state index in [1.807, 2.05) is 17.7 Å². The highest BCUT2D eigenvalue weighted by Crippen LogP contribution is 2.36. The molecular weight excluding hydrogens is 290 g/mol. The molecule has 2 atom stereocenters. The molecule has 2 N–H and O–H groups in total. The molecule has 1 saturated carbocycles. The van der Waals surface area contributed by atoms with Gasteiger partial charge in [-0.25, -0.2) is 14.6 Å². The van der Waals surface area contributed by atoms with E-state index >= 15 is 0 Å². The van der Waals surface area contributed by atoms with Crippen molar-refractivity contribution in [3.63, 3.8) is 0 Å². The first-order valence-corrected chi connectivity index (χ1v) is 8.18. The van der Waals surface area contributed by atoms with Gasteiger partial charge in [-0.3, -0.25) is 0 Å². The van der Waals surface area contributed by atoms with Gasteiger partial charge in [-0.05, 0) is 53.0 Å². The summed E-state index contributed by atoms with van der Waals surface area (Å²) in [6.07, 6.45) is 4.21. The Bertz CT molecular complexity index is 689. The lowest BCUT2D eigenvalue weighted by Crippen LogP contribution is -2.25. The summed E-state index contributed by atoms with van der Waals surface area (Å²) < 4.78 is 2.00. The van der Waals surface area contributed by atoms with Crippen molar-refractivity contribution in [2.24, 2.45) is 0 Å². The third kappa shape index (κ3) is 3.52. The van der Waals surface area contributed by atoms with Gasteiger partial charge in [0.2, 0.25) is 0 Å². The number of hydrogen-bond donors (Lipinski definition) is 2. The normalized spacial score (nSPS) is 21.6. The molecule has 0 radical (unpaired) electrons. The molecule has 0 amide bonds. The monoisotopic (exact) mass is 315 g/mol. The molecule has 0 spiro atoms. The molecular formula is C17H25N5O. The van der Waals surface area contributed by atoms with Crippen LogP contribution >= 0.6 is 0 Å². The van der Waals surface area contributed by atoms with Crippen LogP contribution < -0.4 is 5.32 Å². The largest absolute Gasteiger partial charge is 0.393 e. The lowest BCUT2D eigenvalue weighted by molar-refractivity contribution is 0.181. The van der Waals surface area contributed by atoms with Crippen molar-refractivity contribution in [1.29, 1.82) is 0 Å². The fourth-order valence-electron chi connectivity index (χ4n) is 3.08. The maximum atomic E-state index is 9.80. The Morgan fingerprint density at radius 2 is 2.09 bits per heavy atom.